The molecule has 0 spiro atoms. The number of hydrogen-bond donors (Lipinski definition) is 0. The maximum Gasteiger partial charge on any atom is 0.191 e. The van der Waals surface area contributed by atoms with E-state index in [1.54, 1.807) is 35.5 Å². The molecule has 0 bridgehead atoms. The summed E-state index contributed by atoms with van der Waals surface area (Å²) in [6.07, 6.45) is 3.55. The number of thioether (sulfide) groups is 1. The third kappa shape index (κ3) is 3.14. The van der Waals surface area contributed by atoms with Crippen LogP contribution in [0.4, 0.5) is 0 Å². The van der Waals surface area contributed by atoms with E-state index in [1.165, 1.54) is 0 Å². The molecule has 0 amide bonds. The number of pyridine rings is 1. The van der Waals surface area contributed by atoms with Gasteiger partial charge in [-0.3, -0.25) is 4.98 Å². The van der Waals surface area contributed by atoms with Crippen molar-refractivity contribution in [2.45, 2.75) is 31.3 Å². The first kappa shape index (κ1) is 14.2. The van der Waals surface area contributed by atoms with Crippen LogP contribution in [0.5, 0.6) is 0 Å². The predicted molar refractivity (Wildman–Crippen MR) is 85.3 cm³/mol. The molecule has 0 aromatic carbocycles. The Morgan fingerprint density at radius 3 is 2.71 bits per heavy atom. The fourth-order valence-electron chi connectivity index (χ4n) is 2.01. The van der Waals surface area contributed by atoms with E-state index in [1.807, 2.05) is 19.1 Å². The van der Waals surface area contributed by atoms with Gasteiger partial charge >= 0.3 is 0 Å². The summed E-state index contributed by atoms with van der Waals surface area (Å²) < 4.78 is 2.12. The predicted octanol–water partition coefficient (Wildman–Crippen LogP) is 3.42. The standard InChI is InChI=1S/C14H15N5S2/c1-3-19-13(11-4-6-15-7-5-11)17-18-14(19)21-9-12-8-20-10(2)16-12/h4-8H,3,9H2,1-2H3. The van der Waals surface area contributed by atoms with Crippen LogP contribution in [0, 0.1) is 6.92 Å². The van der Waals surface area contributed by atoms with Gasteiger partial charge in [0, 0.05) is 35.6 Å². The van der Waals surface area contributed by atoms with E-state index in [2.05, 4.69) is 37.0 Å². The number of thiazole rings is 1. The van der Waals surface area contributed by atoms with Crippen LogP contribution in [0.25, 0.3) is 11.4 Å². The molecule has 3 aromatic rings. The van der Waals surface area contributed by atoms with E-state index in [0.717, 1.165) is 39.5 Å². The lowest BCUT2D eigenvalue weighted by Crippen LogP contribution is -2.00. The van der Waals surface area contributed by atoms with Crippen molar-refractivity contribution in [1.82, 2.24) is 24.7 Å². The van der Waals surface area contributed by atoms with Crippen molar-refractivity contribution < 1.29 is 0 Å². The fraction of sp³-hybridized carbons (Fsp3) is 0.286. The summed E-state index contributed by atoms with van der Waals surface area (Å²) in [6.45, 7) is 4.96. The number of aryl methyl sites for hydroxylation is 1. The lowest BCUT2D eigenvalue weighted by atomic mass is 10.2. The first-order valence-corrected chi connectivity index (χ1v) is 8.52. The third-order valence-corrected chi connectivity index (χ3v) is 4.81. The molecule has 0 aliphatic carbocycles. The first-order valence-electron chi connectivity index (χ1n) is 6.65. The minimum atomic E-state index is 0.818. The Hall–Kier alpha value is -1.73. The molecule has 7 heteroatoms. The summed E-state index contributed by atoms with van der Waals surface area (Å²) in [4.78, 5) is 8.52. The molecule has 0 fully saturated rings. The number of aromatic nitrogens is 5. The molecular formula is C14H15N5S2. The van der Waals surface area contributed by atoms with Crippen molar-refractivity contribution in [3.63, 3.8) is 0 Å². The lowest BCUT2D eigenvalue weighted by Gasteiger charge is -2.06. The summed E-state index contributed by atoms with van der Waals surface area (Å²) in [5.41, 5.74) is 2.13. The minimum absolute atomic E-state index is 0.818. The van der Waals surface area contributed by atoms with E-state index in [0.29, 0.717) is 0 Å². The zero-order valence-electron chi connectivity index (χ0n) is 11.9. The fourth-order valence-corrected chi connectivity index (χ4v) is 3.62. The Morgan fingerprint density at radius 2 is 2.05 bits per heavy atom. The molecule has 0 aliphatic heterocycles. The zero-order chi connectivity index (χ0) is 14.7. The molecule has 5 nitrogen and oxygen atoms in total. The molecule has 0 radical (unpaired) electrons. The van der Waals surface area contributed by atoms with E-state index >= 15 is 0 Å². The molecule has 108 valence electrons. The molecule has 3 heterocycles. The molecule has 0 atom stereocenters. The largest absolute Gasteiger partial charge is 0.302 e. The van der Waals surface area contributed by atoms with Crippen LogP contribution in [0.1, 0.15) is 17.6 Å². The van der Waals surface area contributed by atoms with Gasteiger partial charge in [0.2, 0.25) is 0 Å². The van der Waals surface area contributed by atoms with Crippen LogP contribution in [-0.4, -0.2) is 24.7 Å². The number of nitrogens with zero attached hydrogens (tertiary/aromatic N) is 5. The molecule has 0 saturated carbocycles. The van der Waals surface area contributed by atoms with E-state index in [4.69, 9.17) is 0 Å². The van der Waals surface area contributed by atoms with Crippen molar-refractivity contribution in [3.05, 3.63) is 40.6 Å². The highest BCUT2D eigenvalue weighted by Gasteiger charge is 2.13. The van der Waals surface area contributed by atoms with Crippen molar-refractivity contribution in [1.29, 1.82) is 0 Å². The number of hydrogen-bond acceptors (Lipinski definition) is 6. The molecule has 3 aromatic heterocycles. The second kappa shape index (κ2) is 6.36. The van der Waals surface area contributed by atoms with E-state index in [-0.39, 0.29) is 0 Å². The van der Waals surface area contributed by atoms with Crippen molar-refractivity contribution in [2.75, 3.05) is 0 Å². The SMILES string of the molecule is CCn1c(SCc2csc(C)n2)nnc1-c1ccncc1. The summed E-state index contributed by atoms with van der Waals surface area (Å²) >= 11 is 3.35. The summed E-state index contributed by atoms with van der Waals surface area (Å²) in [5.74, 6) is 1.70. The Kier molecular flexibility index (Phi) is 4.31. The Morgan fingerprint density at radius 1 is 1.24 bits per heavy atom. The van der Waals surface area contributed by atoms with Gasteiger partial charge in [0.25, 0.3) is 0 Å². The quantitative estimate of drug-likeness (QED) is 0.675. The zero-order valence-corrected chi connectivity index (χ0v) is 13.5. The van der Waals surface area contributed by atoms with Gasteiger partial charge in [0.1, 0.15) is 0 Å². The molecule has 0 unspecified atom stereocenters. The number of rotatable bonds is 5. The van der Waals surface area contributed by atoms with Crippen molar-refractivity contribution in [3.8, 4) is 11.4 Å². The van der Waals surface area contributed by atoms with Gasteiger partial charge in [-0.2, -0.15) is 0 Å². The van der Waals surface area contributed by atoms with Crippen molar-refractivity contribution >= 4 is 23.1 Å². The van der Waals surface area contributed by atoms with Gasteiger partial charge in [0.15, 0.2) is 11.0 Å². The highest BCUT2D eigenvalue weighted by Crippen LogP contribution is 2.26. The molecule has 0 saturated heterocycles. The van der Waals surface area contributed by atoms with E-state index < -0.39 is 0 Å². The van der Waals surface area contributed by atoms with Crippen LogP contribution in [0.2, 0.25) is 0 Å². The molecule has 0 aliphatic rings. The van der Waals surface area contributed by atoms with Gasteiger partial charge < -0.3 is 4.57 Å². The summed E-state index contributed by atoms with van der Waals surface area (Å²) in [5, 5.41) is 12.8. The van der Waals surface area contributed by atoms with Gasteiger partial charge in [-0.15, -0.1) is 21.5 Å². The van der Waals surface area contributed by atoms with Crippen molar-refractivity contribution in [2.24, 2.45) is 0 Å². The topological polar surface area (TPSA) is 56.5 Å². The average molecular weight is 317 g/mol. The van der Waals surface area contributed by atoms with Crippen LogP contribution in [0.3, 0.4) is 0 Å². The Labute approximate surface area is 131 Å². The van der Waals surface area contributed by atoms with E-state index in [9.17, 15) is 0 Å². The van der Waals surface area contributed by atoms with Gasteiger partial charge in [-0.1, -0.05) is 11.8 Å². The molecule has 21 heavy (non-hydrogen) atoms. The Bertz CT molecular complexity index is 720. The van der Waals surface area contributed by atoms with Gasteiger partial charge in [0.05, 0.1) is 10.7 Å². The highest BCUT2D eigenvalue weighted by atomic mass is 32.2. The normalized spacial score (nSPS) is 11.0. The van der Waals surface area contributed by atoms with Gasteiger partial charge in [-0.05, 0) is 26.0 Å². The molecular weight excluding hydrogens is 302 g/mol. The first-order chi connectivity index (χ1) is 10.3. The maximum atomic E-state index is 4.48. The Balaban J connectivity index is 1.82. The third-order valence-electron chi connectivity index (χ3n) is 2.99. The minimum Gasteiger partial charge on any atom is -0.302 e. The average Bonchev–Trinajstić information content (AvgIpc) is 3.11. The maximum absolute atomic E-state index is 4.48. The molecule has 3 rings (SSSR count). The lowest BCUT2D eigenvalue weighted by molar-refractivity contribution is 0.687. The second-order valence-electron chi connectivity index (χ2n) is 4.43. The summed E-state index contributed by atoms with van der Waals surface area (Å²) in [6, 6.07) is 3.91. The van der Waals surface area contributed by atoms with Crippen LogP contribution in [-0.2, 0) is 12.3 Å². The highest BCUT2D eigenvalue weighted by molar-refractivity contribution is 7.98. The second-order valence-corrected chi connectivity index (χ2v) is 6.44. The summed E-state index contributed by atoms with van der Waals surface area (Å²) in [7, 11) is 0. The van der Waals surface area contributed by atoms with Crippen LogP contribution >= 0.6 is 23.1 Å². The van der Waals surface area contributed by atoms with Crippen LogP contribution in [0.15, 0.2) is 35.1 Å². The smallest absolute Gasteiger partial charge is 0.191 e. The monoisotopic (exact) mass is 317 g/mol. The van der Waals surface area contributed by atoms with Gasteiger partial charge in [-0.25, -0.2) is 4.98 Å². The molecule has 0 N–H and O–H groups in total. The van der Waals surface area contributed by atoms with Crippen LogP contribution < -0.4 is 0 Å².